The average Bonchev–Trinajstić information content (AvgIpc) is 2.50. The van der Waals surface area contributed by atoms with Gasteiger partial charge in [0.05, 0.1) is 19.6 Å². The Balaban J connectivity index is 4.69. The number of hydrogen-bond acceptors (Lipinski definition) is 7. The molecule has 0 aliphatic carbocycles. The summed E-state index contributed by atoms with van der Waals surface area (Å²) in [5, 5.41) is 23.7. The van der Waals surface area contributed by atoms with Gasteiger partial charge in [0.15, 0.2) is 0 Å². The van der Waals surface area contributed by atoms with Gasteiger partial charge in [-0.25, -0.2) is 0 Å². The van der Waals surface area contributed by atoms with E-state index < -0.39 is 67.3 Å². The first-order chi connectivity index (χ1) is 11.1. The van der Waals surface area contributed by atoms with Gasteiger partial charge in [-0.3, -0.25) is 24.0 Å². The van der Waals surface area contributed by atoms with E-state index in [1.54, 1.807) is 0 Å². The zero-order valence-corrected chi connectivity index (χ0v) is 12.9. The number of aliphatic hydroxyl groups is 1. The number of carbonyl (C=O) groups is 5. The van der Waals surface area contributed by atoms with Gasteiger partial charge in [-0.05, 0) is 6.92 Å². The first kappa shape index (κ1) is 21.3. The molecule has 12 nitrogen and oxygen atoms in total. The van der Waals surface area contributed by atoms with Crippen LogP contribution in [0.2, 0.25) is 0 Å². The zero-order valence-electron chi connectivity index (χ0n) is 12.9. The van der Waals surface area contributed by atoms with E-state index in [1.807, 2.05) is 0 Å². The highest BCUT2D eigenvalue weighted by Crippen LogP contribution is 1.94. The lowest BCUT2D eigenvalue weighted by Gasteiger charge is -2.19. The minimum absolute atomic E-state index is 0.561. The van der Waals surface area contributed by atoms with E-state index in [2.05, 4.69) is 16.0 Å². The minimum Gasteiger partial charge on any atom is -0.480 e. The van der Waals surface area contributed by atoms with E-state index >= 15 is 0 Å². The molecule has 0 aromatic rings. The molecule has 0 rings (SSSR count). The molecule has 0 aromatic heterocycles. The lowest BCUT2D eigenvalue weighted by molar-refractivity contribution is -0.141. The van der Waals surface area contributed by atoms with Crippen LogP contribution in [0.5, 0.6) is 0 Å². The summed E-state index contributed by atoms with van der Waals surface area (Å²) in [6.45, 7) is 0.0106. The van der Waals surface area contributed by atoms with Gasteiger partial charge in [0.25, 0.3) is 0 Å². The van der Waals surface area contributed by atoms with Crippen molar-refractivity contribution < 1.29 is 34.2 Å². The van der Waals surface area contributed by atoms with Crippen molar-refractivity contribution in [2.24, 2.45) is 11.5 Å². The van der Waals surface area contributed by atoms with Crippen LogP contribution in [0.15, 0.2) is 0 Å². The summed E-state index contributed by atoms with van der Waals surface area (Å²) < 4.78 is 0. The molecule has 0 saturated carbocycles. The van der Waals surface area contributed by atoms with Crippen molar-refractivity contribution >= 4 is 29.6 Å². The van der Waals surface area contributed by atoms with E-state index in [0.717, 1.165) is 0 Å². The molecule has 3 unspecified atom stereocenters. The number of carbonyl (C=O) groups excluding carboxylic acids is 4. The number of carboxylic acid groups (broad SMARTS) is 1. The smallest absolute Gasteiger partial charge is 0.325 e. The highest BCUT2D eigenvalue weighted by atomic mass is 16.4. The van der Waals surface area contributed by atoms with Crippen molar-refractivity contribution in [3.05, 3.63) is 0 Å². The molecule has 0 aromatic carbocycles. The van der Waals surface area contributed by atoms with Gasteiger partial charge in [0.2, 0.25) is 23.6 Å². The number of rotatable bonds is 10. The zero-order chi connectivity index (χ0) is 18.9. The number of nitrogens with two attached hydrogens (primary N) is 2. The Kier molecular flexibility index (Phi) is 8.97. The van der Waals surface area contributed by atoms with Crippen LogP contribution in [-0.4, -0.2) is 71.1 Å². The van der Waals surface area contributed by atoms with Gasteiger partial charge >= 0.3 is 5.97 Å². The fourth-order valence-electron chi connectivity index (χ4n) is 1.41. The normalized spacial score (nSPS) is 14.0. The summed E-state index contributed by atoms with van der Waals surface area (Å²) in [4.78, 5) is 56.6. The predicted octanol–water partition coefficient (Wildman–Crippen LogP) is -4.63. The maximum Gasteiger partial charge on any atom is 0.325 e. The van der Waals surface area contributed by atoms with Crippen LogP contribution in [0.1, 0.15) is 13.3 Å². The second kappa shape index (κ2) is 10.1. The Morgan fingerprint density at radius 1 is 1.08 bits per heavy atom. The van der Waals surface area contributed by atoms with Crippen molar-refractivity contribution in [3.8, 4) is 0 Å². The molecular weight excluding hydrogens is 326 g/mol. The van der Waals surface area contributed by atoms with E-state index in [1.165, 1.54) is 6.92 Å². The SMILES string of the molecule is CC(NC(=O)C(CC(N)=O)NC(=O)CNC(=O)C(N)CO)C(=O)O. The molecule has 136 valence electrons. The van der Waals surface area contributed by atoms with Crippen LogP contribution >= 0.6 is 0 Å². The molecule has 0 saturated heterocycles. The number of amides is 4. The second-order valence-corrected chi connectivity index (χ2v) is 4.87. The van der Waals surface area contributed by atoms with E-state index in [9.17, 15) is 24.0 Å². The number of hydrogen-bond donors (Lipinski definition) is 7. The van der Waals surface area contributed by atoms with Crippen molar-refractivity contribution in [1.82, 2.24) is 16.0 Å². The maximum atomic E-state index is 11.9. The van der Waals surface area contributed by atoms with Crippen LogP contribution in [0.4, 0.5) is 0 Å². The summed E-state index contributed by atoms with van der Waals surface area (Å²) in [5.74, 6) is -4.75. The van der Waals surface area contributed by atoms with Crippen molar-refractivity contribution in [2.45, 2.75) is 31.5 Å². The van der Waals surface area contributed by atoms with Gasteiger partial charge < -0.3 is 37.6 Å². The highest BCUT2D eigenvalue weighted by molar-refractivity contribution is 5.94. The number of nitrogens with one attached hydrogen (secondary N) is 3. The summed E-state index contributed by atoms with van der Waals surface area (Å²) in [6.07, 6.45) is -0.561. The largest absolute Gasteiger partial charge is 0.480 e. The van der Waals surface area contributed by atoms with E-state index in [-0.39, 0.29) is 0 Å². The Hall–Kier alpha value is -2.73. The van der Waals surface area contributed by atoms with Gasteiger partial charge in [-0.1, -0.05) is 0 Å². The van der Waals surface area contributed by atoms with Crippen LogP contribution < -0.4 is 27.4 Å². The van der Waals surface area contributed by atoms with Crippen LogP contribution in [0, 0.1) is 0 Å². The Bertz CT molecular complexity index is 510. The molecule has 0 spiro atoms. The van der Waals surface area contributed by atoms with E-state index in [0.29, 0.717) is 0 Å². The fourth-order valence-corrected chi connectivity index (χ4v) is 1.41. The number of aliphatic carboxylic acids is 1. The average molecular weight is 347 g/mol. The monoisotopic (exact) mass is 347 g/mol. The van der Waals surface area contributed by atoms with Crippen molar-refractivity contribution in [3.63, 3.8) is 0 Å². The van der Waals surface area contributed by atoms with Gasteiger partial charge in [0.1, 0.15) is 18.1 Å². The Morgan fingerprint density at radius 2 is 1.67 bits per heavy atom. The molecule has 0 bridgehead atoms. The molecule has 0 heterocycles. The molecule has 24 heavy (non-hydrogen) atoms. The quantitative estimate of drug-likeness (QED) is 0.203. The molecule has 9 N–H and O–H groups in total. The summed E-state index contributed by atoms with van der Waals surface area (Å²) in [7, 11) is 0. The molecule has 0 radical (unpaired) electrons. The lowest BCUT2D eigenvalue weighted by Crippen LogP contribution is -2.54. The third-order valence-electron chi connectivity index (χ3n) is 2.74. The summed E-state index contributed by atoms with van der Waals surface area (Å²) in [6, 6.07) is -3.86. The van der Waals surface area contributed by atoms with Gasteiger partial charge in [-0.2, -0.15) is 0 Å². The molecule has 4 amide bonds. The third-order valence-corrected chi connectivity index (χ3v) is 2.74. The first-order valence-corrected chi connectivity index (χ1v) is 6.83. The third kappa shape index (κ3) is 8.05. The summed E-state index contributed by atoms with van der Waals surface area (Å²) >= 11 is 0. The molecular formula is C12H21N5O7. The molecule has 0 fully saturated rings. The maximum absolute atomic E-state index is 11.9. The number of primary amides is 1. The lowest BCUT2D eigenvalue weighted by atomic mass is 10.1. The standard InChI is InChI=1S/C12H21N5O7/c1-5(12(23)24)16-11(22)7(2-8(14)19)17-9(20)3-15-10(21)6(13)4-18/h5-7,18H,2-4,13H2,1H3,(H2,14,19)(H,15,21)(H,16,22)(H,17,20)(H,23,24). The number of aliphatic hydroxyl groups excluding tert-OH is 1. The topological polar surface area (TPSA) is 214 Å². The predicted molar refractivity (Wildman–Crippen MR) is 79.1 cm³/mol. The van der Waals surface area contributed by atoms with Crippen LogP contribution in [0.3, 0.4) is 0 Å². The fraction of sp³-hybridized carbons (Fsp3) is 0.583. The molecule has 0 aliphatic heterocycles. The van der Waals surface area contributed by atoms with Crippen molar-refractivity contribution in [1.29, 1.82) is 0 Å². The first-order valence-electron chi connectivity index (χ1n) is 6.83. The van der Waals surface area contributed by atoms with Crippen molar-refractivity contribution in [2.75, 3.05) is 13.2 Å². The molecule has 3 atom stereocenters. The molecule has 0 aliphatic rings. The Morgan fingerprint density at radius 3 is 2.12 bits per heavy atom. The van der Waals surface area contributed by atoms with E-state index in [4.69, 9.17) is 21.7 Å². The van der Waals surface area contributed by atoms with Gasteiger partial charge in [-0.15, -0.1) is 0 Å². The summed E-state index contributed by atoms with van der Waals surface area (Å²) in [5.41, 5.74) is 10.2. The molecule has 12 heteroatoms. The number of carboxylic acids is 1. The minimum atomic E-state index is -1.40. The van der Waals surface area contributed by atoms with Gasteiger partial charge in [0, 0.05) is 0 Å². The van der Waals surface area contributed by atoms with Crippen LogP contribution in [-0.2, 0) is 24.0 Å². The second-order valence-electron chi connectivity index (χ2n) is 4.87. The highest BCUT2D eigenvalue weighted by Gasteiger charge is 2.26. The Labute approximate surface area is 136 Å². The van der Waals surface area contributed by atoms with Crippen LogP contribution in [0.25, 0.3) is 0 Å².